The molecular formula is C15H13ClN2O3. The second-order valence-electron chi connectivity index (χ2n) is 4.63. The first kappa shape index (κ1) is 13.7. The summed E-state index contributed by atoms with van der Waals surface area (Å²) in [5.74, 6) is 0.0258. The van der Waals surface area contributed by atoms with Crippen molar-refractivity contribution in [3.05, 3.63) is 47.1 Å². The first-order valence-corrected chi connectivity index (χ1v) is 6.94. The van der Waals surface area contributed by atoms with Crippen LogP contribution < -0.4 is 9.64 Å². The summed E-state index contributed by atoms with van der Waals surface area (Å²) in [6.45, 7) is 1.20. The maximum atomic E-state index is 11.4. The number of nitrogens with zero attached hydrogens (tertiary/aromatic N) is 2. The Kier molecular flexibility index (Phi) is 3.66. The van der Waals surface area contributed by atoms with E-state index in [1.807, 2.05) is 29.2 Å². The van der Waals surface area contributed by atoms with Gasteiger partial charge in [0.05, 0.1) is 12.3 Å². The van der Waals surface area contributed by atoms with Gasteiger partial charge in [-0.2, -0.15) is 0 Å². The minimum atomic E-state index is -1.03. The zero-order chi connectivity index (χ0) is 14.8. The number of anilines is 2. The number of ether oxygens (including phenoxy) is 1. The molecule has 108 valence electrons. The lowest BCUT2D eigenvalue weighted by Crippen LogP contribution is -2.21. The number of carboxylic acids is 1. The maximum Gasteiger partial charge on any atom is 0.339 e. The van der Waals surface area contributed by atoms with Crippen LogP contribution in [0.3, 0.4) is 0 Å². The Hall–Kier alpha value is -2.27. The molecular weight excluding hydrogens is 292 g/mol. The van der Waals surface area contributed by atoms with Crippen LogP contribution in [0.25, 0.3) is 0 Å². The summed E-state index contributed by atoms with van der Waals surface area (Å²) in [4.78, 5) is 17.5. The molecule has 0 unspecified atom stereocenters. The predicted octanol–water partition coefficient (Wildman–Crippen LogP) is 3.35. The molecule has 0 bridgehead atoms. The van der Waals surface area contributed by atoms with E-state index in [1.54, 1.807) is 0 Å². The highest BCUT2D eigenvalue weighted by atomic mass is 35.5. The molecule has 1 aliphatic rings. The average Bonchev–Trinajstić information content (AvgIpc) is 2.69. The van der Waals surface area contributed by atoms with E-state index in [4.69, 9.17) is 16.3 Å². The van der Waals surface area contributed by atoms with Crippen LogP contribution in [0, 0.1) is 0 Å². The molecule has 2 aromatic rings. The van der Waals surface area contributed by atoms with Gasteiger partial charge in [-0.3, -0.25) is 0 Å². The lowest BCUT2D eigenvalue weighted by molar-refractivity contribution is 0.0697. The quantitative estimate of drug-likeness (QED) is 0.862. The number of carbonyl (C=O) groups is 1. The number of rotatable bonds is 2. The van der Waals surface area contributed by atoms with E-state index in [0.29, 0.717) is 24.7 Å². The molecule has 0 fully saturated rings. The number of hydrogen-bond donors (Lipinski definition) is 1. The van der Waals surface area contributed by atoms with Crippen molar-refractivity contribution in [1.29, 1.82) is 0 Å². The monoisotopic (exact) mass is 304 g/mol. The molecule has 1 aromatic carbocycles. The van der Waals surface area contributed by atoms with E-state index in [0.717, 1.165) is 12.1 Å². The molecule has 1 aromatic heterocycles. The topological polar surface area (TPSA) is 62.7 Å². The lowest BCUT2D eigenvalue weighted by Gasteiger charge is -2.24. The average molecular weight is 305 g/mol. The summed E-state index contributed by atoms with van der Waals surface area (Å²) in [7, 11) is 0. The van der Waals surface area contributed by atoms with Gasteiger partial charge >= 0.3 is 5.97 Å². The van der Waals surface area contributed by atoms with E-state index >= 15 is 0 Å². The summed E-state index contributed by atoms with van der Waals surface area (Å²) in [5.41, 5.74) is 0.920. The van der Waals surface area contributed by atoms with Crippen LogP contribution in [-0.4, -0.2) is 29.2 Å². The van der Waals surface area contributed by atoms with E-state index in [-0.39, 0.29) is 10.7 Å². The summed E-state index contributed by atoms with van der Waals surface area (Å²) < 4.78 is 5.68. The van der Waals surface area contributed by atoms with E-state index in [2.05, 4.69) is 4.98 Å². The van der Waals surface area contributed by atoms with Gasteiger partial charge in [-0.15, -0.1) is 0 Å². The van der Waals surface area contributed by atoms with Crippen LogP contribution in [-0.2, 0) is 0 Å². The molecule has 6 heteroatoms. The summed E-state index contributed by atoms with van der Waals surface area (Å²) in [5, 5.41) is 9.63. The molecule has 21 heavy (non-hydrogen) atoms. The second kappa shape index (κ2) is 5.61. The fourth-order valence-corrected chi connectivity index (χ4v) is 2.49. The molecule has 1 N–H and O–H groups in total. The molecule has 0 amide bonds. The van der Waals surface area contributed by atoms with Crippen molar-refractivity contribution in [1.82, 2.24) is 4.98 Å². The molecule has 0 spiro atoms. The smallest absolute Gasteiger partial charge is 0.339 e. The molecule has 2 heterocycles. The Morgan fingerprint density at radius 3 is 2.90 bits per heavy atom. The van der Waals surface area contributed by atoms with Crippen LogP contribution in [0.15, 0.2) is 36.4 Å². The van der Waals surface area contributed by atoms with Crippen molar-refractivity contribution in [3.63, 3.8) is 0 Å². The van der Waals surface area contributed by atoms with Gasteiger partial charge < -0.3 is 14.7 Å². The number of aromatic nitrogens is 1. The summed E-state index contributed by atoms with van der Waals surface area (Å²) in [6.07, 6.45) is 0.766. The largest absolute Gasteiger partial charge is 0.491 e. The number of hydrogen-bond acceptors (Lipinski definition) is 4. The third kappa shape index (κ3) is 2.64. The molecule has 0 radical (unpaired) electrons. The van der Waals surface area contributed by atoms with Crippen molar-refractivity contribution in [2.45, 2.75) is 6.42 Å². The second-order valence-corrected chi connectivity index (χ2v) is 5.02. The van der Waals surface area contributed by atoms with Gasteiger partial charge in [-0.05, 0) is 30.7 Å². The number of aromatic carboxylic acids is 1. The van der Waals surface area contributed by atoms with Crippen LogP contribution in [0.2, 0.25) is 5.15 Å². The SMILES string of the molecule is O=C(O)c1ccc(Cl)nc1N1CCCOc2ccccc21. The van der Waals surface area contributed by atoms with Gasteiger partial charge in [-0.1, -0.05) is 23.7 Å². The van der Waals surface area contributed by atoms with Crippen LogP contribution in [0.4, 0.5) is 11.5 Å². The zero-order valence-electron chi connectivity index (χ0n) is 11.1. The zero-order valence-corrected chi connectivity index (χ0v) is 11.9. The van der Waals surface area contributed by atoms with Crippen molar-refractivity contribution in [3.8, 4) is 5.75 Å². The molecule has 0 aliphatic carbocycles. The highest BCUT2D eigenvalue weighted by molar-refractivity contribution is 6.29. The van der Waals surface area contributed by atoms with E-state index in [9.17, 15) is 9.90 Å². The van der Waals surface area contributed by atoms with Gasteiger partial charge in [0.15, 0.2) is 0 Å². The van der Waals surface area contributed by atoms with Crippen LogP contribution in [0.1, 0.15) is 16.8 Å². The van der Waals surface area contributed by atoms with E-state index < -0.39 is 5.97 Å². The number of benzene rings is 1. The maximum absolute atomic E-state index is 11.4. The number of para-hydroxylation sites is 2. The van der Waals surface area contributed by atoms with Gasteiger partial charge in [0, 0.05) is 6.54 Å². The fourth-order valence-electron chi connectivity index (χ4n) is 2.35. The number of halogens is 1. The van der Waals surface area contributed by atoms with Gasteiger partial charge in [0.1, 0.15) is 22.3 Å². The van der Waals surface area contributed by atoms with Crippen molar-refractivity contribution >= 4 is 29.1 Å². The molecule has 0 saturated carbocycles. The summed E-state index contributed by atoms with van der Waals surface area (Å²) in [6, 6.07) is 10.5. The summed E-state index contributed by atoms with van der Waals surface area (Å²) >= 11 is 5.95. The molecule has 0 saturated heterocycles. The van der Waals surface area contributed by atoms with Gasteiger partial charge in [0.25, 0.3) is 0 Å². The number of fused-ring (bicyclic) bond motifs is 1. The Labute approximate surface area is 126 Å². The minimum absolute atomic E-state index is 0.121. The highest BCUT2D eigenvalue weighted by Crippen LogP contribution is 2.36. The Balaban J connectivity index is 2.16. The third-order valence-electron chi connectivity index (χ3n) is 3.27. The van der Waals surface area contributed by atoms with Gasteiger partial charge in [-0.25, -0.2) is 9.78 Å². The highest BCUT2D eigenvalue weighted by Gasteiger charge is 2.23. The van der Waals surface area contributed by atoms with Gasteiger partial charge in [0.2, 0.25) is 0 Å². The molecule has 0 atom stereocenters. The normalized spacial score (nSPS) is 14.0. The van der Waals surface area contributed by atoms with Crippen molar-refractivity contribution in [2.24, 2.45) is 0 Å². The first-order valence-electron chi connectivity index (χ1n) is 6.56. The van der Waals surface area contributed by atoms with E-state index in [1.165, 1.54) is 12.1 Å². The first-order chi connectivity index (χ1) is 10.2. The molecule has 5 nitrogen and oxygen atoms in total. The minimum Gasteiger partial charge on any atom is -0.491 e. The Bertz CT molecular complexity index is 690. The Morgan fingerprint density at radius 2 is 2.10 bits per heavy atom. The van der Waals surface area contributed by atoms with Crippen molar-refractivity contribution < 1.29 is 14.6 Å². The Morgan fingerprint density at radius 1 is 1.29 bits per heavy atom. The number of carboxylic acid groups (broad SMARTS) is 1. The lowest BCUT2D eigenvalue weighted by atomic mass is 10.2. The van der Waals surface area contributed by atoms with Crippen LogP contribution in [0.5, 0.6) is 5.75 Å². The fraction of sp³-hybridized carbons (Fsp3) is 0.200. The third-order valence-corrected chi connectivity index (χ3v) is 3.48. The molecule has 3 rings (SSSR count). The predicted molar refractivity (Wildman–Crippen MR) is 79.8 cm³/mol. The molecule has 1 aliphatic heterocycles. The van der Waals surface area contributed by atoms with Crippen molar-refractivity contribution in [2.75, 3.05) is 18.1 Å². The number of pyridine rings is 1. The van der Waals surface area contributed by atoms with Crippen LogP contribution >= 0.6 is 11.6 Å². The standard InChI is InChI=1S/C15H13ClN2O3/c16-13-7-6-10(15(19)20)14(17-13)18-8-3-9-21-12-5-2-1-4-11(12)18/h1-2,4-7H,3,8-9H2,(H,19,20).